The van der Waals surface area contributed by atoms with E-state index in [0.29, 0.717) is 23.3 Å². The molecule has 2 rings (SSSR count). The molecule has 0 bridgehead atoms. The van der Waals surface area contributed by atoms with Crippen LogP contribution in [0.1, 0.15) is 23.8 Å². The lowest BCUT2D eigenvalue weighted by molar-refractivity contribution is 0.444. The number of halogens is 1. The van der Waals surface area contributed by atoms with Gasteiger partial charge >= 0.3 is 0 Å². The second-order valence-corrected chi connectivity index (χ2v) is 8.28. The molecule has 1 aromatic heterocycles. The molecular weight excluding hydrogens is 290 g/mol. The van der Waals surface area contributed by atoms with E-state index in [9.17, 15) is 8.42 Å². The molecule has 1 aromatic rings. The van der Waals surface area contributed by atoms with Gasteiger partial charge in [0.2, 0.25) is 10.0 Å². The first-order valence-corrected chi connectivity index (χ1v) is 8.82. The fraction of sp³-hybridized carbons (Fsp3) is 0.667. The molecule has 3 nitrogen and oxygen atoms in total. The summed E-state index contributed by atoms with van der Waals surface area (Å²) >= 11 is 7.24. The lowest BCUT2D eigenvalue weighted by Gasteiger charge is -2.18. The van der Waals surface area contributed by atoms with E-state index in [2.05, 4.69) is 6.92 Å². The van der Waals surface area contributed by atoms with E-state index in [1.807, 2.05) is 12.3 Å². The van der Waals surface area contributed by atoms with Crippen LogP contribution in [0.5, 0.6) is 0 Å². The first kappa shape index (κ1) is 14.3. The van der Waals surface area contributed by atoms with Gasteiger partial charge in [-0.2, -0.15) is 0 Å². The number of hydrogen-bond donors (Lipinski definition) is 0. The Morgan fingerprint density at radius 2 is 2.17 bits per heavy atom. The van der Waals surface area contributed by atoms with Crippen molar-refractivity contribution < 1.29 is 8.42 Å². The van der Waals surface area contributed by atoms with Gasteiger partial charge in [-0.1, -0.05) is 6.92 Å². The van der Waals surface area contributed by atoms with Crippen molar-refractivity contribution in [3.8, 4) is 0 Å². The Balaban J connectivity index is 2.26. The number of sulfonamides is 1. The zero-order valence-electron chi connectivity index (χ0n) is 10.8. The third-order valence-corrected chi connectivity index (χ3v) is 7.26. The van der Waals surface area contributed by atoms with E-state index < -0.39 is 10.0 Å². The number of alkyl halides is 1. The quantitative estimate of drug-likeness (QED) is 0.784. The van der Waals surface area contributed by atoms with E-state index in [1.54, 1.807) is 7.05 Å². The van der Waals surface area contributed by atoms with Crippen LogP contribution in [-0.2, 0) is 15.9 Å². The summed E-state index contributed by atoms with van der Waals surface area (Å²) in [6.45, 7) is 4.60. The van der Waals surface area contributed by atoms with Crippen molar-refractivity contribution in [1.82, 2.24) is 4.31 Å². The molecule has 102 valence electrons. The Morgan fingerprint density at radius 3 is 2.67 bits per heavy atom. The summed E-state index contributed by atoms with van der Waals surface area (Å²) in [4.78, 5) is 1.16. The Morgan fingerprint density at radius 1 is 1.56 bits per heavy atom. The highest BCUT2D eigenvalue weighted by molar-refractivity contribution is 7.89. The van der Waals surface area contributed by atoms with E-state index in [-0.39, 0.29) is 5.88 Å². The summed E-state index contributed by atoms with van der Waals surface area (Å²) in [6.07, 6.45) is 1.13. The third-order valence-electron chi connectivity index (χ3n) is 3.55. The second-order valence-electron chi connectivity index (χ2n) is 5.06. The maximum Gasteiger partial charge on any atom is 0.244 e. The maximum absolute atomic E-state index is 12.5. The number of nitrogens with zero attached hydrogens (tertiary/aromatic N) is 1. The van der Waals surface area contributed by atoms with E-state index >= 15 is 0 Å². The van der Waals surface area contributed by atoms with Crippen LogP contribution in [0.25, 0.3) is 0 Å². The minimum atomic E-state index is -3.39. The summed E-state index contributed by atoms with van der Waals surface area (Å²) in [7, 11) is -1.73. The van der Waals surface area contributed by atoms with Gasteiger partial charge in [-0.3, -0.25) is 0 Å². The van der Waals surface area contributed by atoms with Crippen LogP contribution in [0.15, 0.2) is 10.3 Å². The first-order chi connectivity index (χ1) is 8.37. The van der Waals surface area contributed by atoms with E-state index in [4.69, 9.17) is 11.6 Å². The van der Waals surface area contributed by atoms with Crippen molar-refractivity contribution in [2.75, 3.05) is 13.6 Å². The second kappa shape index (κ2) is 5.12. The van der Waals surface area contributed by atoms with Crippen LogP contribution in [0, 0.1) is 18.8 Å². The average Bonchev–Trinajstić information content (AvgIpc) is 2.85. The van der Waals surface area contributed by atoms with Crippen molar-refractivity contribution in [1.29, 1.82) is 0 Å². The van der Waals surface area contributed by atoms with Crippen molar-refractivity contribution in [3.05, 3.63) is 15.8 Å². The summed E-state index contributed by atoms with van der Waals surface area (Å²) in [5, 5.41) is 1.86. The molecule has 1 saturated carbocycles. The zero-order chi connectivity index (χ0) is 13.5. The summed E-state index contributed by atoms with van der Waals surface area (Å²) in [5.41, 5.74) is 0.798. The molecule has 1 aliphatic carbocycles. The lowest BCUT2D eigenvalue weighted by Crippen LogP contribution is -2.30. The predicted octanol–water partition coefficient (Wildman–Crippen LogP) is 3.07. The number of hydrogen-bond acceptors (Lipinski definition) is 3. The molecule has 0 spiro atoms. The van der Waals surface area contributed by atoms with Crippen LogP contribution in [-0.4, -0.2) is 26.3 Å². The fourth-order valence-corrected chi connectivity index (χ4v) is 5.39. The number of aryl methyl sites for hydroxylation is 1. The SMILES string of the molecule is Cc1csc(CCl)c1S(=O)(=O)N(C)CC1CC1C. The van der Waals surface area contributed by atoms with Crippen LogP contribution in [0.4, 0.5) is 0 Å². The van der Waals surface area contributed by atoms with Crippen molar-refractivity contribution in [3.63, 3.8) is 0 Å². The van der Waals surface area contributed by atoms with E-state index in [1.165, 1.54) is 15.6 Å². The van der Waals surface area contributed by atoms with Gasteiger partial charge in [-0.25, -0.2) is 12.7 Å². The Hall–Kier alpha value is -0.100. The highest BCUT2D eigenvalue weighted by Crippen LogP contribution is 2.39. The molecule has 1 fully saturated rings. The Labute approximate surface area is 118 Å². The van der Waals surface area contributed by atoms with Crippen molar-refractivity contribution >= 4 is 33.0 Å². The smallest absolute Gasteiger partial charge is 0.207 e. The third kappa shape index (κ3) is 2.59. The topological polar surface area (TPSA) is 37.4 Å². The molecule has 0 N–H and O–H groups in total. The van der Waals surface area contributed by atoms with Gasteiger partial charge in [0, 0.05) is 18.5 Å². The molecule has 2 atom stereocenters. The fourth-order valence-electron chi connectivity index (χ4n) is 2.16. The monoisotopic (exact) mass is 307 g/mol. The van der Waals surface area contributed by atoms with E-state index in [0.717, 1.165) is 16.9 Å². The standard InChI is InChI=1S/C12H18ClNO2S2/c1-8-4-10(8)6-14(3)18(15,16)12-9(2)7-17-11(12)5-13/h7-8,10H,4-6H2,1-3H3. The molecule has 2 unspecified atom stereocenters. The average molecular weight is 308 g/mol. The van der Waals surface area contributed by atoms with Gasteiger partial charge in [-0.05, 0) is 36.1 Å². The molecular formula is C12H18ClNO2S2. The van der Waals surface area contributed by atoms with Crippen molar-refractivity contribution in [2.24, 2.45) is 11.8 Å². The molecule has 6 heteroatoms. The zero-order valence-corrected chi connectivity index (χ0v) is 13.2. The van der Waals surface area contributed by atoms with Crippen molar-refractivity contribution in [2.45, 2.75) is 31.0 Å². The summed E-state index contributed by atoms with van der Waals surface area (Å²) in [5.74, 6) is 1.42. The van der Waals surface area contributed by atoms with Gasteiger partial charge in [0.1, 0.15) is 4.90 Å². The number of thiophene rings is 1. The van der Waals surface area contributed by atoms with Gasteiger partial charge in [0.25, 0.3) is 0 Å². The molecule has 18 heavy (non-hydrogen) atoms. The van der Waals surface area contributed by atoms with Crippen LogP contribution >= 0.6 is 22.9 Å². The first-order valence-electron chi connectivity index (χ1n) is 5.97. The van der Waals surface area contributed by atoms with Gasteiger partial charge in [0.15, 0.2) is 0 Å². The predicted molar refractivity (Wildman–Crippen MR) is 75.7 cm³/mol. The Bertz CT molecular complexity index is 538. The summed E-state index contributed by atoms with van der Waals surface area (Å²) in [6, 6.07) is 0. The maximum atomic E-state index is 12.5. The molecule has 0 amide bonds. The van der Waals surface area contributed by atoms with Crippen LogP contribution in [0.3, 0.4) is 0 Å². The van der Waals surface area contributed by atoms with Crippen LogP contribution < -0.4 is 0 Å². The Kier molecular flexibility index (Phi) is 4.07. The molecule has 0 saturated heterocycles. The summed E-state index contributed by atoms with van der Waals surface area (Å²) < 4.78 is 26.6. The van der Waals surface area contributed by atoms with Gasteiger partial charge in [0.05, 0.1) is 5.88 Å². The molecule has 1 heterocycles. The molecule has 0 radical (unpaired) electrons. The molecule has 1 aliphatic rings. The minimum absolute atomic E-state index is 0.251. The van der Waals surface area contributed by atoms with Gasteiger partial charge in [-0.15, -0.1) is 22.9 Å². The number of rotatable bonds is 5. The van der Waals surface area contributed by atoms with Gasteiger partial charge < -0.3 is 0 Å². The minimum Gasteiger partial charge on any atom is -0.207 e. The molecule has 0 aromatic carbocycles. The molecule has 0 aliphatic heterocycles. The largest absolute Gasteiger partial charge is 0.244 e. The highest BCUT2D eigenvalue weighted by Gasteiger charge is 2.37. The highest BCUT2D eigenvalue weighted by atomic mass is 35.5. The normalized spacial score (nSPS) is 23.6. The lowest BCUT2D eigenvalue weighted by atomic mass is 10.3. The van der Waals surface area contributed by atoms with Crippen LogP contribution in [0.2, 0.25) is 0 Å².